The predicted octanol–water partition coefficient (Wildman–Crippen LogP) is 0.498. The molecule has 0 heterocycles. The second-order valence-corrected chi connectivity index (χ2v) is 2.91. The van der Waals surface area contributed by atoms with Gasteiger partial charge in [-0.05, 0) is 0 Å². The van der Waals surface area contributed by atoms with Crippen LogP contribution in [0.2, 0.25) is 0 Å². The Morgan fingerprint density at radius 3 is 2.33 bits per heavy atom. The third-order valence-corrected chi connectivity index (χ3v) is 1.86. The summed E-state index contributed by atoms with van der Waals surface area (Å²) in [5.74, 6) is -0.444. The maximum Gasteiger partial charge on any atom is 0.405 e. The lowest BCUT2D eigenvalue weighted by molar-refractivity contribution is 0.0890. The zero-order valence-electron chi connectivity index (χ0n) is 7.88. The van der Waals surface area contributed by atoms with Crippen molar-refractivity contribution in [3.8, 4) is 0 Å². The van der Waals surface area contributed by atoms with E-state index in [0.717, 1.165) is 0 Å². The number of amides is 1. The van der Waals surface area contributed by atoms with Gasteiger partial charge in [-0.3, -0.25) is 4.79 Å². The molecule has 80 valence electrons. The van der Waals surface area contributed by atoms with E-state index in [4.69, 9.17) is 10.2 Å². The van der Waals surface area contributed by atoms with Gasteiger partial charge in [0.25, 0.3) is 0 Å². The van der Waals surface area contributed by atoms with Crippen LogP contribution in [0.15, 0.2) is 30.3 Å². The SMILES string of the molecule is O=C(O)NC(CO)C(=O)c1ccccc1. The fraction of sp³-hybridized carbons (Fsp3) is 0.200. The van der Waals surface area contributed by atoms with E-state index in [1.165, 1.54) is 0 Å². The molecule has 1 atom stereocenters. The molecule has 0 aromatic heterocycles. The molecule has 0 saturated heterocycles. The number of carbonyl (C=O) groups excluding carboxylic acids is 1. The van der Waals surface area contributed by atoms with Crippen molar-refractivity contribution in [2.24, 2.45) is 0 Å². The molecule has 0 bridgehead atoms. The van der Waals surface area contributed by atoms with Crippen molar-refractivity contribution in [3.63, 3.8) is 0 Å². The van der Waals surface area contributed by atoms with Crippen molar-refractivity contribution in [1.29, 1.82) is 0 Å². The van der Waals surface area contributed by atoms with Crippen LogP contribution in [0.5, 0.6) is 0 Å². The van der Waals surface area contributed by atoms with Gasteiger partial charge in [0, 0.05) is 5.56 Å². The van der Waals surface area contributed by atoms with Gasteiger partial charge in [0.2, 0.25) is 0 Å². The van der Waals surface area contributed by atoms with Crippen LogP contribution >= 0.6 is 0 Å². The number of aliphatic hydroxyl groups is 1. The molecule has 1 rings (SSSR count). The highest BCUT2D eigenvalue weighted by molar-refractivity contribution is 6.01. The Hall–Kier alpha value is -1.88. The standard InChI is InChI=1S/C10H11NO4/c12-6-8(11-10(14)15)9(13)7-4-2-1-3-5-7/h1-5,8,11-12H,6H2,(H,14,15). The largest absolute Gasteiger partial charge is 0.465 e. The first kappa shape index (κ1) is 11.2. The highest BCUT2D eigenvalue weighted by Crippen LogP contribution is 2.03. The molecule has 0 spiro atoms. The minimum absolute atomic E-state index is 0.366. The van der Waals surface area contributed by atoms with Gasteiger partial charge in [-0.1, -0.05) is 30.3 Å². The lowest BCUT2D eigenvalue weighted by Gasteiger charge is -2.12. The summed E-state index contributed by atoms with van der Waals surface area (Å²) in [7, 11) is 0. The number of hydrogen-bond acceptors (Lipinski definition) is 3. The minimum Gasteiger partial charge on any atom is -0.465 e. The average molecular weight is 209 g/mol. The molecule has 0 fully saturated rings. The smallest absolute Gasteiger partial charge is 0.405 e. The maximum atomic E-state index is 11.6. The summed E-state index contributed by atoms with van der Waals surface area (Å²) in [5.41, 5.74) is 0.366. The zero-order chi connectivity index (χ0) is 11.3. The summed E-state index contributed by atoms with van der Waals surface area (Å²) in [4.78, 5) is 22.0. The van der Waals surface area contributed by atoms with Crippen LogP contribution in [0.3, 0.4) is 0 Å². The molecular formula is C10H11NO4. The van der Waals surface area contributed by atoms with Gasteiger partial charge in [0.05, 0.1) is 6.61 Å². The summed E-state index contributed by atoms with van der Waals surface area (Å²) in [6, 6.07) is 7.11. The Bertz CT molecular complexity index is 350. The van der Waals surface area contributed by atoms with Gasteiger partial charge >= 0.3 is 6.09 Å². The molecule has 3 N–H and O–H groups in total. The van der Waals surface area contributed by atoms with Crippen molar-refractivity contribution in [2.75, 3.05) is 6.61 Å². The van der Waals surface area contributed by atoms with E-state index in [2.05, 4.69) is 0 Å². The Kier molecular flexibility index (Phi) is 3.82. The molecule has 1 aromatic rings. The molecule has 1 amide bonds. The molecule has 1 aromatic carbocycles. The Balaban J connectivity index is 2.78. The monoisotopic (exact) mass is 209 g/mol. The van der Waals surface area contributed by atoms with E-state index < -0.39 is 24.5 Å². The van der Waals surface area contributed by atoms with Gasteiger partial charge in [0.1, 0.15) is 6.04 Å². The van der Waals surface area contributed by atoms with E-state index in [9.17, 15) is 9.59 Å². The molecule has 15 heavy (non-hydrogen) atoms. The Labute approximate surface area is 86.4 Å². The maximum absolute atomic E-state index is 11.6. The molecule has 0 aliphatic rings. The Morgan fingerprint density at radius 1 is 1.27 bits per heavy atom. The van der Waals surface area contributed by atoms with Gasteiger partial charge in [0.15, 0.2) is 5.78 Å². The van der Waals surface area contributed by atoms with Gasteiger partial charge in [-0.15, -0.1) is 0 Å². The predicted molar refractivity (Wildman–Crippen MR) is 52.8 cm³/mol. The average Bonchev–Trinajstić information content (AvgIpc) is 2.26. The van der Waals surface area contributed by atoms with Crippen molar-refractivity contribution in [2.45, 2.75) is 6.04 Å². The van der Waals surface area contributed by atoms with Crippen LogP contribution in [0.4, 0.5) is 4.79 Å². The molecule has 1 unspecified atom stereocenters. The summed E-state index contributed by atoms with van der Waals surface area (Å²) < 4.78 is 0. The van der Waals surface area contributed by atoms with Gasteiger partial charge in [-0.2, -0.15) is 0 Å². The molecule has 0 saturated carbocycles. The quantitative estimate of drug-likeness (QED) is 0.630. The van der Waals surface area contributed by atoms with E-state index >= 15 is 0 Å². The first-order valence-electron chi connectivity index (χ1n) is 4.34. The number of benzene rings is 1. The molecular weight excluding hydrogens is 198 g/mol. The molecule has 0 aliphatic carbocycles. The summed E-state index contributed by atoms with van der Waals surface area (Å²) >= 11 is 0. The van der Waals surface area contributed by atoms with Crippen molar-refractivity contribution < 1.29 is 19.8 Å². The first-order valence-corrected chi connectivity index (χ1v) is 4.34. The second-order valence-electron chi connectivity index (χ2n) is 2.91. The second kappa shape index (κ2) is 5.11. The third-order valence-electron chi connectivity index (χ3n) is 1.86. The van der Waals surface area contributed by atoms with Crippen LogP contribution in [-0.4, -0.2) is 34.7 Å². The van der Waals surface area contributed by atoms with Crippen molar-refractivity contribution >= 4 is 11.9 Å². The summed E-state index contributed by atoms with van der Waals surface area (Å²) in [6.07, 6.45) is -1.33. The third kappa shape index (κ3) is 3.07. The van der Waals surface area contributed by atoms with Gasteiger partial charge < -0.3 is 15.5 Å². The Morgan fingerprint density at radius 2 is 1.87 bits per heavy atom. The van der Waals surface area contributed by atoms with Crippen LogP contribution in [-0.2, 0) is 0 Å². The number of nitrogens with one attached hydrogen (secondary N) is 1. The lowest BCUT2D eigenvalue weighted by Crippen LogP contribution is -2.42. The minimum atomic E-state index is -1.33. The molecule has 0 radical (unpaired) electrons. The number of hydrogen-bond donors (Lipinski definition) is 3. The highest BCUT2D eigenvalue weighted by Gasteiger charge is 2.20. The number of ketones is 1. The van der Waals surface area contributed by atoms with E-state index in [-0.39, 0.29) is 0 Å². The van der Waals surface area contributed by atoms with Crippen LogP contribution in [0.1, 0.15) is 10.4 Å². The first-order chi connectivity index (χ1) is 7.15. The zero-order valence-corrected chi connectivity index (χ0v) is 7.88. The van der Waals surface area contributed by atoms with Crippen molar-refractivity contribution in [3.05, 3.63) is 35.9 Å². The van der Waals surface area contributed by atoms with E-state index in [0.29, 0.717) is 5.56 Å². The van der Waals surface area contributed by atoms with Crippen LogP contribution < -0.4 is 5.32 Å². The number of aliphatic hydroxyl groups excluding tert-OH is 1. The topological polar surface area (TPSA) is 86.6 Å². The number of carboxylic acid groups (broad SMARTS) is 1. The molecule has 5 nitrogen and oxygen atoms in total. The number of rotatable bonds is 4. The van der Waals surface area contributed by atoms with E-state index in [1.807, 2.05) is 5.32 Å². The van der Waals surface area contributed by atoms with E-state index in [1.54, 1.807) is 30.3 Å². The van der Waals surface area contributed by atoms with Crippen molar-refractivity contribution in [1.82, 2.24) is 5.32 Å². The molecule has 5 heteroatoms. The summed E-state index contributed by atoms with van der Waals surface area (Å²) in [5, 5.41) is 19.2. The van der Waals surface area contributed by atoms with Gasteiger partial charge in [-0.25, -0.2) is 4.79 Å². The summed E-state index contributed by atoms with van der Waals surface area (Å²) in [6.45, 7) is -0.556. The normalized spacial score (nSPS) is 11.8. The number of carbonyl (C=O) groups is 2. The van der Waals surface area contributed by atoms with Crippen LogP contribution in [0.25, 0.3) is 0 Å². The highest BCUT2D eigenvalue weighted by atomic mass is 16.4. The fourth-order valence-electron chi connectivity index (χ4n) is 1.15. The van der Waals surface area contributed by atoms with Crippen LogP contribution in [0, 0.1) is 0 Å². The lowest BCUT2D eigenvalue weighted by atomic mass is 10.1. The molecule has 0 aliphatic heterocycles. The fourth-order valence-corrected chi connectivity index (χ4v) is 1.15. The number of Topliss-reactive ketones (excluding diaryl/α,β-unsaturated/α-hetero) is 1.